The van der Waals surface area contributed by atoms with Crippen LogP contribution in [0, 0.1) is 0 Å². The minimum absolute atomic E-state index is 0.0163. The van der Waals surface area contributed by atoms with E-state index in [9.17, 15) is 64.2 Å². The number of aliphatic hydroxyl groups excluding tert-OH is 4. The van der Waals surface area contributed by atoms with Crippen LogP contribution in [0.2, 0.25) is 0 Å². The number of urea groups is 2. The van der Waals surface area contributed by atoms with E-state index in [-0.39, 0.29) is 163 Å². The zero-order chi connectivity index (χ0) is 70.2. The molecule has 9 amide bonds. The molecule has 10 heterocycles. The van der Waals surface area contributed by atoms with Crippen molar-refractivity contribution in [3.05, 3.63) is 0 Å². The summed E-state index contributed by atoms with van der Waals surface area (Å²) in [5, 5.41) is 84.7. The summed E-state index contributed by atoms with van der Waals surface area (Å²) >= 11 is 0. The van der Waals surface area contributed by atoms with Crippen LogP contribution in [0.4, 0.5) is 9.59 Å². The minimum atomic E-state index is -3.80. The summed E-state index contributed by atoms with van der Waals surface area (Å²) in [7, 11) is 5.95. The number of ether oxygens (including phenoxy) is 9. The van der Waals surface area contributed by atoms with Gasteiger partial charge in [-0.3, -0.25) is 38.6 Å². The molecule has 8 unspecified atom stereocenters. The second kappa shape index (κ2) is 28.1. The highest BCUT2D eigenvalue weighted by atomic mass is 16.9. The number of rotatable bonds is 29. The van der Waals surface area contributed by atoms with Crippen LogP contribution in [0.3, 0.4) is 0 Å². The van der Waals surface area contributed by atoms with E-state index < -0.39 is 156 Å². The van der Waals surface area contributed by atoms with Crippen molar-refractivity contribution in [2.24, 2.45) is 0 Å². The van der Waals surface area contributed by atoms with E-state index in [2.05, 4.69) is 0 Å². The van der Waals surface area contributed by atoms with Gasteiger partial charge in [-0.15, -0.1) is 0 Å². The molecule has 0 spiro atoms. The Morgan fingerprint density at radius 2 is 1.04 bits per heavy atom. The number of hydroxylamine groups is 2. The number of likely N-dealkylation sites (N-methyl/N-ethyl adjacent to an activating group) is 1. The van der Waals surface area contributed by atoms with Gasteiger partial charge in [-0.05, 0) is 47.5 Å². The quantitative estimate of drug-likeness (QED) is 0.0379. The topological polar surface area (TPSA) is 392 Å². The smallest absolute Gasteiger partial charge is 0.322 e. The molecule has 11 aliphatic rings. The molecule has 97 heavy (non-hydrogen) atoms. The summed E-state index contributed by atoms with van der Waals surface area (Å²) in [5.41, 5.74) is -2.90. The number of nitrogens with zero attached hydrogens (tertiary/aromatic N) is 12. The van der Waals surface area contributed by atoms with E-state index in [4.69, 9.17) is 47.5 Å². The number of β-amino-alcohol motifs (C(OH)–C–C–N with tert-alkyl or cyclic N) is 2. The maximum atomic E-state index is 19.6. The average molecular weight is 1380 g/mol. The first kappa shape index (κ1) is 73.3. The largest absolute Gasteiger partial charge is 0.395 e. The van der Waals surface area contributed by atoms with Gasteiger partial charge in [0.05, 0.1) is 106 Å². The summed E-state index contributed by atoms with van der Waals surface area (Å²) in [4.78, 5) is 120. The highest BCUT2D eigenvalue weighted by Gasteiger charge is 2.92. The molecular weight excluding hydrogens is 1280 g/mol. The Morgan fingerprint density at radius 1 is 0.577 bits per heavy atom. The van der Waals surface area contributed by atoms with Gasteiger partial charge in [0.25, 0.3) is 23.5 Å². The van der Waals surface area contributed by atoms with E-state index >= 15 is 5.11 Å². The van der Waals surface area contributed by atoms with Gasteiger partial charge >= 0.3 is 29.5 Å². The van der Waals surface area contributed by atoms with Crippen LogP contribution in [0.15, 0.2) is 0 Å². The molecule has 6 N–H and O–H groups in total. The third kappa shape index (κ3) is 14.4. The predicted octanol–water partition coefficient (Wildman–Crippen LogP) is -6.51. The molecular formula is C61H99N12O24. The second-order valence-corrected chi connectivity index (χ2v) is 29.0. The lowest BCUT2D eigenvalue weighted by Crippen LogP contribution is -2.96. The Kier molecular flexibility index (Phi) is 21.3. The van der Waals surface area contributed by atoms with Crippen molar-refractivity contribution >= 4 is 41.6 Å². The molecule has 0 aromatic carbocycles. The molecule has 1 radical (unpaired) electrons. The molecule has 36 heteroatoms. The zero-order valence-corrected chi connectivity index (χ0v) is 57.1. The average Bonchev–Trinajstić information content (AvgIpc) is 0.799. The number of hydrogen-bond acceptors (Lipinski definition) is 26. The predicted molar refractivity (Wildman–Crippen MR) is 327 cm³/mol. The molecule has 1 aliphatic carbocycles. The zero-order valence-electron chi connectivity index (χ0n) is 57.1. The van der Waals surface area contributed by atoms with E-state index in [0.717, 1.165) is 5.06 Å². The Balaban J connectivity index is 1.19. The first-order valence-corrected chi connectivity index (χ1v) is 33.6. The van der Waals surface area contributed by atoms with Gasteiger partial charge in [-0.1, -0.05) is 5.06 Å². The van der Waals surface area contributed by atoms with E-state index in [1.807, 2.05) is 9.80 Å². The van der Waals surface area contributed by atoms with Crippen molar-refractivity contribution in [3.63, 3.8) is 0 Å². The van der Waals surface area contributed by atoms with Crippen LogP contribution in [-0.4, -0.2) is 424 Å². The van der Waals surface area contributed by atoms with Gasteiger partial charge in [0, 0.05) is 133 Å². The lowest BCUT2D eigenvalue weighted by molar-refractivity contribution is -0.667. The highest BCUT2D eigenvalue weighted by molar-refractivity contribution is 5.88. The van der Waals surface area contributed by atoms with Crippen LogP contribution in [0.25, 0.3) is 0 Å². The standard InChI is InChI=1S/C61H99N12O24/c1-36(76)15-64-18-41(19-64)90-58(91-42-28-72(29-42)55(84)63(9)13-14-74)53(89-40-16-65(17-40)35-56(5,6)85)73(97-48-32-68(33-48)50(80)37(2)77)61(95-46-20-66(21-46)39(4)78,96-47-24-69(25-47)51(81)38(3)88-10)60(93-44-22-67(23-44)49(79)34-75,94-45-26-70(27-45)52(82)57(86)11-12-57)59(58,87)92-43-30-71(31-43)54(83)62(7)8/h36-38,40-48,53,74-77,85-86H,11-35H2,1-10H3. The lowest BCUT2D eigenvalue weighted by atomic mass is 9.82. The van der Waals surface area contributed by atoms with Gasteiger partial charge in [0.1, 0.15) is 30.5 Å². The molecule has 1 saturated carbocycles. The van der Waals surface area contributed by atoms with Crippen molar-refractivity contribution in [1.82, 2.24) is 59.0 Å². The van der Waals surface area contributed by atoms with Crippen molar-refractivity contribution < 1.29 is 117 Å². The molecule has 10 saturated heterocycles. The molecule has 11 rings (SSSR count). The Bertz CT molecular complexity index is 2860. The number of piperidine rings is 1. The first-order valence-electron chi connectivity index (χ1n) is 33.6. The molecule has 11 fully saturated rings. The summed E-state index contributed by atoms with van der Waals surface area (Å²) < 4.78 is 66.0. The van der Waals surface area contributed by atoms with E-state index in [1.165, 1.54) is 72.1 Å². The van der Waals surface area contributed by atoms with Crippen molar-refractivity contribution in [3.8, 4) is 0 Å². The monoisotopic (exact) mass is 1380 g/mol. The van der Waals surface area contributed by atoms with Gasteiger partial charge in [-0.25, -0.2) is 9.59 Å². The summed E-state index contributed by atoms with van der Waals surface area (Å²) in [5.74, 6) is -16.4. The Labute approximate surface area is 562 Å². The van der Waals surface area contributed by atoms with Gasteiger partial charge in [-0.2, -0.15) is 5.11 Å². The fourth-order valence-corrected chi connectivity index (χ4v) is 13.8. The fraction of sp³-hybridized carbons (Fsp3) is 0.885. The highest BCUT2D eigenvalue weighted by Crippen LogP contribution is 2.62. The number of methoxy groups -OCH3 is 1. The summed E-state index contributed by atoms with van der Waals surface area (Å²) in [6, 6.07) is -0.983. The van der Waals surface area contributed by atoms with Crippen LogP contribution in [0.5, 0.6) is 0 Å². The number of likely N-dealkylation sites (tertiary alicyclic amines) is 9. The third-order valence-corrected chi connectivity index (χ3v) is 19.7. The second-order valence-electron chi connectivity index (χ2n) is 29.0. The molecule has 10 aliphatic heterocycles. The van der Waals surface area contributed by atoms with Gasteiger partial charge in [0.2, 0.25) is 11.8 Å². The number of carbonyl (C=O) groups excluding carboxylic acids is 7. The van der Waals surface area contributed by atoms with Crippen LogP contribution < -0.4 is 0 Å². The fourth-order valence-electron chi connectivity index (χ4n) is 13.8. The number of carbonyl (C=O) groups is 7. The Morgan fingerprint density at radius 3 is 1.54 bits per heavy atom. The first-order chi connectivity index (χ1) is 45.6. The molecule has 0 aromatic heterocycles. The molecule has 36 nitrogen and oxygen atoms in total. The Hall–Kier alpha value is -4.91. The van der Waals surface area contributed by atoms with E-state index in [1.54, 1.807) is 41.8 Å². The molecule has 0 bridgehead atoms. The van der Waals surface area contributed by atoms with Crippen LogP contribution in [0.1, 0.15) is 54.4 Å². The molecule has 8 atom stereocenters. The van der Waals surface area contributed by atoms with Gasteiger partial charge < -0.3 is 117 Å². The number of amides is 9. The van der Waals surface area contributed by atoms with Crippen molar-refractivity contribution in [2.45, 2.75) is 168 Å². The van der Waals surface area contributed by atoms with Crippen LogP contribution >= 0.6 is 0 Å². The minimum Gasteiger partial charge on any atom is -0.395 e. The molecule has 0 aromatic rings. The number of aliphatic hydroxyl groups is 6. The van der Waals surface area contributed by atoms with Gasteiger partial charge in [0.15, 0.2) is 6.23 Å². The van der Waals surface area contributed by atoms with E-state index in [0.29, 0.717) is 0 Å². The maximum absolute atomic E-state index is 19.6. The number of hydrogen-bond donors (Lipinski definition) is 6. The SMILES string of the molecule is COC(C)C(=O)N1CC(OC2(OC3CN(C(C)=O)C3)N(OC3CN(C(=O)C(C)O)C3)C(OC3CN(CC(C)(C)O)C3)C(OC3CN(CC(C)O)C3)(OC3CN(C(=O)N(C)CCO)C3)C([O])(OC3CN(C(=O)N(C)C)C3)C2(OC2CN(C(=O)CO)C2)OC2CN(C(=O)C3(O)CC3)C2)C1. The van der Waals surface area contributed by atoms with Crippen LogP contribution in [-0.2, 0) is 76.5 Å². The summed E-state index contributed by atoms with van der Waals surface area (Å²) in [6.07, 6.45) is -15.9. The third-order valence-electron chi connectivity index (χ3n) is 19.7. The van der Waals surface area contributed by atoms with Crippen molar-refractivity contribution in [1.29, 1.82) is 0 Å². The lowest BCUT2D eigenvalue weighted by Gasteiger charge is -2.70. The normalized spacial score (nSPS) is 30.6. The van der Waals surface area contributed by atoms with Crippen molar-refractivity contribution in [2.75, 3.05) is 179 Å². The maximum Gasteiger partial charge on any atom is 0.322 e. The summed E-state index contributed by atoms with van der Waals surface area (Å²) in [6.45, 7) is 4.51. The molecule has 547 valence electrons.